The summed E-state index contributed by atoms with van der Waals surface area (Å²) in [5.41, 5.74) is 0.860. The second-order valence-electron chi connectivity index (χ2n) is 14.5. The van der Waals surface area contributed by atoms with E-state index in [0.717, 1.165) is 30.8 Å². The van der Waals surface area contributed by atoms with Gasteiger partial charge in [0.05, 0.1) is 62.1 Å². The lowest BCUT2D eigenvalue weighted by molar-refractivity contribution is -0.206. The van der Waals surface area contributed by atoms with E-state index in [1.165, 1.54) is 9.36 Å². The van der Waals surface area contributed by atoms with Gasteiger partial charge in [0.15, 0.2) is 12.0 Å². The number of anilines is 2. The van der Waals surface area contributed by atoms with Crippen LogP contribution in [-0.4, -0.2) is 144 Å². The summed E-state index contributed by atoms with van der Waals surface area (Å²) in [6, 6.07) is 5.41. The van der Waals surface area contributed by atoms with Gasteiger partial charge in [-0.15, -0.1) is 0 Å². The van der Waals surface area contributed by atoms with E-state index in [1.54, 1.807) is 36.7 Å². The Morgan fingerprint density at radius 1 is 0.982 bits per heavy atom. The molecule has 4 saturated heterocycles. The van der Waals surface area contributed by atoms with E-state index in [4.69, 9.17) is 18.9 Å². The molecule has 17 nitrogen and oxygen atoms in total. The Bertz CT molecular complexity index is 1920. The van der Waals surface area contributed by atoms with Crippen molar-refractivity contribution in [2.45, 2.75) is 63.0 Å². The summed E-state index contributed by atoms with van der Waals surface area (Å²) in [5.74, 6) is -1.43. The minimum absolute atomic E-state index is 0.0630. The number of benzene rings is 1. The van der Waals surface area contributed by atoms with Crippen LogP contribution in [0.2, 0.25) is 0 Å². The highest BCUT2D eigenvalue weighted by Gasteiger charge is 2.45. The predicted octanol–water partition coefficient (Wildman–Crippen LogP) is 2.14. The monoisotopic (exact) mass is 781 g/mol. The summed E-state index contributed by atoms with van der Waals surface area (Å²) in [4.78, 5) is 55.7. The molecule has 3 aromatic rings. The molecule has 0 aliphatic carbocycles. The Hall–Kier alpha value is -4.82. The van der Waals surface area contributed by atoms with E-state index < -0.39 is 42.4 Å². The van der Waals surface area contributed by atoms with E-state index in [0.29, 0.717) is 63.9 Å². The first-order chi connectivity index (χ1) is 27.2. The summed E-state index contributed by atoms with van der Waals surface area (Å²) in [5, 5.41) is 14.1. The predicted molar refractivity (Wildman–Crippen MR) is 194 cm³/mol. The van der Waals surface area contributed by atoms with Crippen LogP contribution in [0.25, 0.3) is 5.69 Å². The quantitative estimate of drug-likeness (QED) is 0.191. The molecule has 0 radical (unpaired) electrons. The number of imide groups is 2. The molecule has 1 unspecified atom stereocenters. The van der Waals surface area contributed by atoms with Crippen LogP contribution >= 0.6 is 0 Å². The second kappa shape index (κ2) is 16.7. The molecule has 56 heavy (non-hydrogen) atoms. The number of carbonyl (C=O) groups excluding carboxylic acids is 4. The fraction of sp³-hybridized carbons (Fsp3) is 0.568. The molecule has 2 N–H and O–H groups in total. The van der Waals surface area contributed by atoms with Crippen molar-refractivity contribution in [1.29, 1.82) is 0 Å². The van der Waals surface area contributed by atoms with Crippen LogP contribution in [0.4, 0.5) is 20.3 Å². The van der Waals surface area contributed by atoms with Crippen molar-refractivity contribution in [2.24, 2.45) is 0 Å². The number of morpholine rings is 1. The third-order valence-electron chi connectivity index (χ3n) is 10.9. The molecule has 4 fully saturated rings. The number of rotatable bonds is 13. The van der Waals surface area contributed by atoms with Crippen LogP contribution < -0.4 is 15.5 Å². The van der Waals surface area contributed by atoms with Gasteiger partial charge in [0.25, 0.3) is 18.2 Å². The maximum Gasteiger partial charge on any atom is 0.284 e. The van der Waals surface area contributed by atoms with E-state index >= 15 is 0 Å². The van der Waals surface area contributed by atoms with Gasteiger partial charge >= 0.3 is 0 Å². The minimum Gasteiger partial charge on any atom is -0.384 e. The topological polar surface area (TPSA) is 175 Å². The summed E-state index contributed by atoms with van der Waals surface area (Å²) in [6.07, 6.45) is 2.57. The van der Waals surface area contributed by atoms with Crippen molar-refractivity contribution in [3.8, 4) is 5.69 Å². The Balaban J connectivity index is 0.755. The third-order valence-corrected chi connectivity index (χ3v) is 10.9. The van der Waals surface area contributed by atoms with Crippen LogP contribution in [0.5, 0.6) is 0 Å². The minimum atomic E-state index is -2.79. The first-order valence-electron chi connectivity index (χ1n) is 19.1. The zero-order chi connectivity index (χ0) is 38.8. The lowest BCUT2D eigenvalue weighted by Gasteiger charge is -2.36. The Morgan fingerprint density at radius 2 is 1.77 bits per heavy atom. The zero-order valence-electron chi connectivity index (χ0n) is 30.8. The summed E-state index contributed by atoms with van der Waals surface area (Å²) >= 11 is 0. The van der Waals surface area contributed by atoms with Crippen molar-refractivity contribution in [1.82, 2.24) is 34.7 Å². The van der Waals surface area contributed by atoms with E-state index in [2.05, 4.69) is 30.6 Å². The molecule has 5 aliphatic rings. The molecule has 1 atom stereocenters. The van der Waals surface area contributed by atoms with Gasteiger partial charge in [0.1, 0.15) is 17.5 Å². The highest BCUT2D eigenvalue weighted by atomic mass is 19.3. The number of hydrogen-bond donors (Lipinski definition) is 2. The normalized spacial score (nSPS) is 23.9. The van der Waals surface area contributed by atoms with Crippen LogP contribution in [0.1, 0.15) is 71.0 Å². The number of nitrogens with one attached hydrogen (secondary N) is 2. The number of alkyl halides is 2. The molecular formula is C37H45F2N9O8. The molecule has 19 heteroatoms. The van der Waals surface area contributed by atoms with Gasteiger partial charge < -0.3 is 29.2 Å². The van der Waals surface area contributed by atoms with Crippen molar-refractivity contribution in [3.05, 3.63) is 53.5 Å². The first kappa shape index (κ1) is 38.1. The van der Waals surface area contributed by atoms with Crippen LogP contribution in [0.3, 0.4) is 0 Å². The maximum atomic E-state index is 14.2. The van der Waals surface area contributed by atoms with Crippen LogP contribution in [-0.2, 0) is 28.5 Å². The summed E-state index contributed by atoms with van der Waals surface area (Å²) in [6.45, 7) is 6.15. The molecule has 8 rings (SSSR count). The fourth-order valence-electron chi connectivity index (χ4n) is 7.88. The fourth-order valence-corrected chi connectivity index (χ4v) is 7.88. The smallest absolute Gasteiger partial charge is 0.284 e. The van der Waals surface area contributed by atoms with Gasteiger partial charge in [0.2, 0.25) is 11.8 Å². The standard InChI is InChI=1S/C37H45F2N9O8/c38-34(39)33-28(48-30(7-11-41-48)45-14-17-53-18-15-45)19-46(43-33)23-21-55-31(56-22-23)20-44-12-8-24(9-13-44)54-16-2-10-40-26-4-1-3-25-32(26)37(52)47(36(25)51)27-5-6-29(49)42-35(27)50/h1,3-4,7,11,19,23-24,27,31,34,40H,2,5-6,8-10,12-18,20-22H2,(H,42,49,50). The average molecular weight is 782 g/mol. The Morgan fingerprint density at radius 3 is 2.52 bits per heavy atom. The first-order valence-corrected chi connectivity index (χ1v) is 19.1. The number of amides is 4. The van der Waals surface area contributed by atoms with E-state index in [9.17, 15) is 28.0 Å². The number of aromatic nitrogens is 4. The molecule has 1 aromatic carbocycles. The van der Waals surface area contributed by atoms with E-state index in [-0.39, 0.29) is 60.7 Å². The van der Waals surface area contributed by atoms with Crippen molar-refractivity contribution < 1.29 is 46.9 Å². The van der Waals surface area contributed by atoms with Crippen LogP contribution in [0.15, 0.2) is 36.7 Å². The van der Waals surface area contributed by atoms with E-state index in [1.807, 2.05) is 0 Å². The average Bonchev–Trinajstić information content (AvgIpc) is 3.94. The van der Waals surface area contributed by atoms with Gasteiger partial charge in [-0.2, -0.15) is 10.2 Å². The summed E-state index contributed by atoms with van der Waals surface area (Å²) < 4.78 is 55.0. The van der Waals surface area contributed by atoms with Crippen molar-refractivity contribution in [2.75, 3.05) is 82.5 Å². The highest BCUT2D eigenvalue weighted by Crippen LogP contribution is 2.33. The number of ether oxygens (including phenoxy) is 4. The number of nitrogens with zero attached hydrogens (tertiary/aromatic N) is 7. The lowest BCUT2D eigenvalue weighted by atomic mass is 10.0. The van der Waals surface area contributed by atoms with Crippen LogP contribution in [0, 0.1) is 0 Å². The zero-order valence-corrected chi connectivity index (χ0v) is 30.8. The molecule has 300 valence electrons. The van der Waals surface area contributed by atoms with Crippen molar-refractivity contribution in [3.63, 3.8) is 0 Å². The van der Waals surface area contributed by atoms with Gasteiger partial charge in [-0.25, -0.2) is 13.5 Å². The summed E-state index contributed by atoms with van der Waals surface area (Å²) in [7, 11) is 0. The van der Waals surface area contributed by atoms with Gasteiger partial charge in [-0.1, -0.05) is 6.07 Å². The molecule has 0 saturated carbocycles. The molecular weight excluding hydrogens is 736 g/mol. The third kappa shape index (κ3) is 7.90. The number of carbonyl (C=O) groups is 4. The number of piperidine rings is 2. The van der Waals surface area contributed by atoms with Gasteiger partial charge in [-0.3, -0.25) is 39.0 Å². The SMILES string of the molecule is O=C1CCC(N2C(=O)c3cccc(NCCCOC4CCN(CC5OCC(n6cc(-n7nccc7N7CCOCC7)c(C(F)F)n6)CO5)CC4)c3C2=O)C(=O)N1. The molecule has 5 aliphatic heterocycles. The number of hydrogen-bond acceptors (Lipinski definition) is 13. The molecule has 2 aromatic heterocycles. The Labute approximate surface area is 321 Å². The molecule has 7 heterocycles. The molecule has 0 spiro atoms. The number of likely N-dealkylation sites (tertiary alicyclic amines) is 1. The Kier molecular flexibility index (Phi) is 11.4. The van der Waals surface area contributed by atoms with Gasteiger partial charge in [0, 0.05) is 64.0 Å². The molecule has 4 amide bonds. The lowest BCUT2D eigenvalue weighted by Crippen LogP contribution is -2.54. The van der Waals surface area contributed by atoms with Gasteiger partial charge in [-0.05, 0) is 37.8 Å². The largest absolute Gasteiger partial charge is 0.384 e. The van der Waals surface area contributed by atoms with Crippen molar-refractivity contribution >= 4 is 35.1 Å². The molecule has 0 bridgehead atoms. The maximum absolute atomic E-state index is 14.2. The highest BCUT2D eigenvalue weighted by molar-refractivity contribution is 6.25. The second-order valence-corrected chi connectivity index (χ2v) is 14.5. The number of halogens is 2. The number of fused-ring (bicyclic) bond motifs is 1.